The van der Waals surface area contributed by atoms with Crippen LogP contribution in [0.5, 0.6) is 0 Å². The summed E-state index contributed by atoms with van der Waals surface area (Å²) in [5.41, 5.74) is 0. The van der Waals surface area contributed by atoms with E-state index in [0.717, 1.165) is 13.1 Å². The molecule has 1 aliphatic rings. The van der Waals surface area contributed by atoms with Gasteiger partial charge in [-0.05, 0) is 0 Å². The monoisotopic (exact) mass is 199 g/mol. The topological polar surface area (TPSA) is 84.5 Å². The van der Waals surface area contributed by atoms with E-state index in [1.807, 2.05) is 12.2 Å². The highest BCUT2D eigenvalue weighted by molar-refractivity contribution is 5.20. The van der Waals surface area contributed by atoms with Crippen LogP contribution >= 0.6 is 0 Å². The van der Waals surface area contributed by atoms with Gasteiger partial charge >= 0.3 is 0 Å². The summed E-state index contributed by atoms with van der Waals surface area (Å²) in [5, 5.41) is 3.88. The van der Waals surface area contributed by atoms with E-state index in [9.17, 15) is 0 Å². The fourth-order valence-electron chi connectivity index (χ4n) is 1.34. The van der Waals surface area contributed by atoms with Crippen molar-refractivity contribution in [1.82, 2.24) is 10.1 Å². The SMILES string of the molecule is CCN(CC)N(N)C1C=CC=C1.NN. The van der Waals surface area contributed by atoms with Crippen molar-refractivity contribution in [1.29, 1.82) is 0 Å². The van der Waals surface area contributed by atoms with Gasteiger partial charge in [-0.2, -0.15) is 5.12 Å². The molecule has 0 aromatic heterocycles. The number of nitrogens with zero attached hydrogens (tertiary/aromatic N) is 2. The first-order valence-corrected chi connectivity index (χ1v) is 4.76. The Labute approximate surface area is 85.7 Å². The van der Waals surface area contributed by atoms with Crippen LogP contribution in [0.2, 0.25) is 0 Å². The van der Waals surface area contributed by atoms with Crippen molar-refractivity contribution in [2.45, 2.75) is 19.9 Å². The summed E-state index contributed by atoms with van der Waals surface area (Å²) in [6, 6.07) is 0.241. The normalized spacial score (nSPS) is 15.1. The maximum absolute atomic E-state index is 5.90. The number of allylic oxidation sites excluding steroid dienone is 2. The third kappa shape index (κ3) is 3.57. The predicted octanol–water partition coefficient (Wildman–Crippen LogP) is -0.268. The van der Waals surface area contributed by atoms with E-state index in [0.29, 0.717) is 0 Å². The molecule has 6 N–H and O–H groups in total. The summed E-state index contributed by atoms with van der Waals surface area (Å²) in [6.45, 7) is 6.10. The molecule has 0 amide bonds. The summed E-state index contributed by atoms with van der Waals surface area (Å²) in [4.78, 5) is 0. The number of hydrogen-bond donors (Lipinski definition) is 3. The number of hydrazine groups is 3. The fraction of sp³-hybridized carbons (Fsp3) is 0.556. The molecule has 82 valence electrons. The number of nitrogens with two attached hydrogens (primary N) is 3. The van der Waals surface area contributed by atoms with Crippen molar-refractivity contribution >= 4 is 0 Å². The second-order valence-electron chi connectivity index (χ2n) is 2.78. The van der Waals surface area contributed by atoms with E-state index in [2.05, 4.69) is 42.7 Å². The molecule has 0 aromatic carbocycles. The van der Waals surface area contributed by atoms with Gasteiger partial charge in [0.25, 0.3) is 0 Å². The Bertz CT molecular complexity index is 174. The second-order valence-corrected chi connectivity index (χ2v) is 2.78. The quantitative estimate of drug-likeness (QED) is 0.429. The highest BCUT2D eigenvalue weighted by Gasteiger charge is 2.15. The van der Waals surface area contributed by atoms with Gasteiger partial charge in [-0.1, -0.05) is 38.2 Å². The molecule has 0 aliphatic heterocycles. The van der Waals surface area contributed by atoms with E-state index in [-0.39, 0.29) is 6.04 Å². The van der Waals surface area contributed by atoms with Crippen LogP contribution in [0.15, 0.2) is 24.3 Å². The minimum Gasteiger partial charge on any atom is -0.274 e. The van der Waals surface area contributed by atoms with Crippen LogP contribution in [-0.2, 0) is 0 Å². The zero-order valence-electron chi connectivity index (χ0n) is 8.93. The first-order chi connectivity index (χ1) is 6.79. The molecular formula is C9H21N5. The summed E-state index contributed by atoms with van der Waals surface area (Å²) in [5.74, 6) is 13.9. The van der Waals surface area contributed by atoms with Gasteiger partial charge in [0.2, 0.25) is 0 Å². The maximum Gasteiger partial charge on any atom is 0.0767 e. The Morgan fingerprint density at radius 3 is 1.86 bits per heavy atom. The van der Waals surface area contributed by atoms with Crippen LogP contribution < -0.4 is 17.5 Å². The molecule has 0 bridgehead atoms. The van der Waals surface area contributed by atoms with Gasteiger partial charge in [0.15, 0.2) is 0 Å². The lowest BCUT2D eigenvalue weighted by Crippen LogP contribution is -2.51. The minimum atomic E-state index is 0.241. The first kappa shape index (κ1) is 13.3. The van der Waals surface area contributed by atoms with Gasteiger partial charge in [-0.15, -0.1) is 0 Å². The lowest BCUT2D eigenvalue weighted by atomic mass is 10.3. The van der Waals surface area contributed by atoms with E-state index < -0.39 is 0 Å². The Morgan fingerprint density at radius 2 is 1.50 bits per heavy atom. The molecule has 0 aromatic rings. The standard InChI is InChI=1S/C9H17N3.H4N2/c1-3-11(4-2)12(10)9-7-5-6-8-9;1-2/h5-9H,3-4,10H2,1-2H3;1-2H2. The lowest BCUT2D eigenvalue weighted by molar-refractivity contribution is -0.0273. The van der Waals surface area contributed by atoms with Crippen LogP contribution in [0.1, 0.15) is 13.8 Å². The van der Waals surface area contributed by atoms with Crippen molar-refractivity contribution in [3.05, 3.63) is 24.3 Å². The number of hydrogen-bond acceptors (Lipinski definition) is 5. The van der Waals surface area contributed by atoms with Crippen molar-refractivity contribution in [3.8, 4) is 0 Å². The molecule has 0 heterocycles. The minimum absolute atomic E-state index is 0.241. The molecule has 5 nitrogen and oxygen atoms in total. The van der Waals surface area contributed by atoms with Crippen molar-refractivity contribution in [2.75, 3.05) is 13.1 Å². The largest absolute Gasteiger partial charge is 0.274 e. The van der Waals surface area contributed by atoms with E-state index in [4.69, 9.17) is 5.84 Å². The molecular weight excluding hydrogens is 178 g/mol. The third-order valence-electron chi connectivity index (χ3n) is 2.09. The smallest absolute Gasteiger partial charge is 0.0767 e. The van der Waals surface area contributed by atoms with Crippen molar-refractivity contribution < 1.29 is 0 Å². The summed E-state index contributed by atoms with van der Waals surface area (Å²) in [7, 11) is 0. The molecule has 0 unspecified atom stereocenters. The first-order valence-electron chi connectivity index (χ1n) is 4.76. The molecule has 1 aliphatic carbocycles. The molecule has 5 heteroatoms. The molecule has 0 spiro atoms. The van der Waals surface area contributed by atoms with Crippen LogP contribution in [-0.4, -0.2) is 29.3 Å². The Morgan fingerprint density at radius 1 is 1.07 bits per heavy atom. The molecule has 1 rings (SSSR count). The Kier molecular flexibility index (Phi) is 7.27. The molecule has 0 saturated heterocycles. The van der Waals surface area contributed by atoms with Crippen LogP contribution in [0, 0.1) is 0 Å². The maximum atomic E-state index is 5.90. The highest BCUT2D eigenvalue weighted by atomic mass is 15.8. The zero-order chi connectivity index (χ0) is 11.0. The predicted molar refractivity (Wildman–Crippen MR) is 59.4 cm³/mol. The zero-order valence-corrected chi connectivity index (χ0v) is 8.93. The van der Waals surface area contributed by atoms with Crippen LogP contribution in [0.3, 0.4) is 0 Å². The number of rotatable bonds is 4. The van der Waals surface area contributed by atoms with Gasteiger partial charge in [0.05, 0.1) is 6.04 Å². The van der Waals surface area contributed by atoms with E-state index >= 15 is 0 Å². The molecule has 0 atom stereocenters. The second kappa shape index (κ2) is 7.66. The summed E-state index contributed by atoms with van der Waals surface area (Å²) >= 11 is 0. The highest BCUT2D eigenvalue weighted by Crippen LogP contribution is 2.07. The van der Waals surface area contributed by atoms with Crippen molar-refractivity contribution in [2.24, 2.45) is 17.5 Å². The van der Waals surface area contributed by atoms with Crippen LogP contribution in [0.25, 0.3) is 0 Å². The van der Waals surface area contributed by atoms with Gasteiger partial charge in [0, 0.05) is 13.1 Å². The van der Waals surface area contributed by atoms with Crippen molar-refractivity contribution in [3.63, 3.8) is 0 Å². The Hall–Kier alpha value is -0.720. The average molecular weight is 199 g/mol. The summed E-state index contributed by atoms with van der Waals surface area (Å²) < 4.78 is 0. The molecule has 14 heavy (non-hydrogen) atoms. The fourth-order valence-corrected chi connectivity index (χ4v) is 1.34. The van der Waals surface area contributed by atoms with Crippen LogP contribution in [0.4, 0.5) is 0 Å². The van der Waals surface area contributed by atoms with Gasteiger partial charge < -0.3 is 0 Å². The van der Waals surface area contributed by atoms with E-state index in [1.165, 1.54) is 0 Å². The lowest BCUT2D eigenvalue weighted by Gasteiger charge is -2.32. The molecule has 0 radical (unpaired) electrons. The average Bonchev–Trinajstić information content (AvgIpc) is 2.75. The molecule has 0 saturated carbocycles. The Balaban J connectivity index is 0.000000791. The molecule has 0 fully saturated rings. The summed E-state index contributed by atoms with van der Waals surface area (Å²) in [6.07, 6.45) is 8.21. The van der Waals surface area contributed by atoms with E-state index in [1.54, 1.807) is 5.12 Å². The van der Waals surface area contributed by atoms with Gasteiger partial charge in [-0.3, -0.25) is 17.5 Å². The van der Waals surface area contributed by atoms with Gasteiger partial charge in [0.1, 0.15) is 0 Å². The third-order valence-corrected chi connectivity index (χ3v) is 2.09. The van der Waals surface area contributed by atoms with Gasteiger partial charge in [-0.25, -0.2) is 5.01 Å².